The van der Waals surface area contributed by atoms with Crippen LogP contribution in [-0.4, -0.2) is 24.0 Å². The summed E-state index contributed by atoms with van der Waals surface area (Å²) in [6.07, 6.45) is 2.29. The highest BCUT2D eigenvalue weighted by atomic mass is 15.1. The molecule has 2 rings (SSSR count). The van der Waals surface area contributed by atoms with Gasteiger partial charge in [0, 0.05) is 6.04 Å². The second-order valence-electron chi connectivity index (χ2n) is 5.48. The molecule has 0 amide bonds. The number of benzene rings is 1. The van der Waals surface area contributed by atoms with Gasteiger partial charge in [-0.2, -0.15) is 5.26 Å². The van der Waals surface area contributed by atoms with Crippen molar-refractivity contribution in [2.45, 2.75) is 38.6 Å². The van der Waals surface area contributed by atoms with Crippen molar-refractivity contribution < 1.29 is 0 Å². The second kappa shape index (κ2) is 6.02. The van der Waals surface area contributed by atoms with E-state index in [4.69, 9.17) is 0 Å². The number of hydrogen-bond acceptors (Lipinski definition) is 2. The Balaban J connectivity index is 2.02. The SMILES string of the molecule is CC(C)N1CCC(C(C#N)c2ccccc2)CC1. The number of hydrogen-bond donors (Lipinski definition) is 0. The minimum Gasteiger partial charge on any atom is -0.301 e. The van der Waals surface area contributed by atoms with Crippen LogP contribution in [0.25, 0.3) is 0 Å². The van der Waals surface area contributed by atoms with Crippen molar-refractivity contribution in [3.8, 4) is 6.07 Å². The smallest absolute Gasteiger partial charge is 0.0741 e. The number of likely N-dealkylation sites (tertiary alicyclic amines) is 1. The highest BCUT2D eigenvalue weighted by molar-refractivity contribution is 5.25. The van der Waals surface area contributed by atoms with Gasteiger partial charge in [0.25, 0.3) is 0 Å². The molecule has 1 aromatic carbocycles. The van der Waals surface area contributed by atoms with Crippen molar-refractivity contribution in [1.29, 1.82) is 5.26 Å². The van der Waals surface area contributed by atoms with Gasteiger partial charge < -0.3 is 4.90 Å². The highest BCUT2D eigenvalue weighted by Crippen LogP contribution is 2.32. The molecule has 1 aliphatic rings. The fourth-order valence-corrected chi connectivity index (χ4v) is 2.88. The highest BCUT2D eigenvalue weighted by Gasteiger charge is 2.28. The Labute approximate surface area is 110 Å². The monoisotopic (exact) mass is 242 g/mol. The third kappa shape index (κ3) is 2.91. The Kier molecular flexibility index (Phi) is 4.38. The molecule has 1 fully saturated rings. The summed E-state index contributed by atoms with van der Waals surface area (Å²) in [6.45, 7) is 6.76. The van der Waals surface area contributed by atoms with Crippen LogP contribution in [0.4, 0.5) is 0 Å². The number of nitrogens with zero attached hydrogens (tertiary/aromatic N) is 2. The lowest BCUT2D eigenvalue weighted by atomic mass is 9.81. The Bertz CT molecular complexity index is 397. The van der Waals surface area contributed by atoms with Crippen molar-refractivity contribution in [2.24, 2.45) is 5.92 Å². The Morgan fingerprint density at radius 1 is 1.17 bits per heavy atom. The van der Waals surface area contributed by atoms with E-state index in [0.29, 0.717) is 12.0 Å². The van der Waals surface area contributed by atoms with Crippen LogP contribution in [-0.2, 0) is 0 Å². The lowest BCUT2D eigenvalue weighted by molar-refractivity contribution is 0.144. The van der Waals surface area contributed by atoms with Crippen LogP contribution in [0.15, 0.2) is 30.3 Å². The van der Waals surface area contributed by atoms with E-state index < -0.39 is 0 Å². The quantitative estimate of drug-likeness (QED) is 0.812. The molecule has 18 heavy (non-hydrogen) atoms. The van der Waals surface area contributed by atoms with Crippen LogP contribution < -0.4 is 0 Å². The molecule has 0 radical (unpaired) electrons. The van der Waals surface area contributed by atoms with Gasteiger partial charge >= 0.3 is 0 Å². The molecule has 2 nitrogen and oxygen atoms in total. The summed E-state index contributed by atoms with van der Waals surface area (Å²) in [6, 6.07) is 13.4. The molecule has 1 unspecified atom stereocenters. The standard InChI is InChI=1S/C16H22N2/c1-13(2)18-10-8-15(9-11-18)16(12-17)14-6-4-3-5-7-14/h3-7,13,15-16H,8-11H2,1-2H3. The molecule has 0 spiro atoms. The average molecular weight is 242 g/mol. The molecule has 1 heterocycles. The first-order chi connectivity index (χ1) is 8.72. The van der Waals surface area contributed by atoms with Gasteiger partial charge in [-0.15, -0.1) is 0 Å². The molecule has 0 aromatic heterocycles. The van der Waals surface area contributed by atoms with E-state index in [1.165, 1.54) is 5.56 Å². The molecule has 0 N–H and O–H groups in total. The third-order valence-corrected chi connectivity index (χ3v) is 4.07. The van der Waals surface area contributed by atoms with Crippen molar-refractivity contribution in [2.75, 3.05) is 13.1 Å². The van der Waals surface area contributed by atoms with Gasteiger partial charge in [0.1, 0.15) is 0 Å². The first kappa shape index (κ1) is 13.1. The zero-order valence-electron chi connectivity index (χ0n) is 11.3. The zero-order valence-corrected chi connectivity index (χ0v) is 11.3. The topological polar surface area (TPSA) is 27.0 Å². The molecule has 1 aromatic rings. The normalized spacial score (nSPS) is 19.7. The predicted octanol–water partition coefficient (Wildman–Crippen LogP) is 3.41. The number of piperidine rings is 1. The van der Waals surface area contributed by atoms with Crippen LogP contribution in [0, 0.1) is 17.2 Å². The summed E-state index contributed by atoms with van der Waals surface area (Å²) in [5.74, 6) is 0.591. The van der Waals surface area contributed by atoms with Crippen LogP contribution in [0.2, 0.25) is 0 Å². The van der Waals surface area contributed by atoms with E-state index in [2.05, 4.69) is 36.9 Å². The number of rotatable bonds is 3. The first-order valence-corrected chi connectivity index (χ1v) is 6.91. The molecule has 1 aliphatic heterocycles. The molecule has 0 bridgehead atoms. The van der Waals surface area contributed by atoms with Crippen LogP contribution in [0.5, 0.6) is 0 Å². The van der Waals surface area contributed by atoms with Crippen LogP contribution in [0.1, 0.15) is 38.2 Å². The Morgan fingerprint density at radius 3 is 2.28 bits per heavy atom. The van der Waals surface area contributed by atoms with E-state index in [9.17, 15) is 5.26 Å². The van der Waals surface area contributed by atoms with E-state index in [0.717, 1.165) is 25.9 Å². The van der Waals surface area contributed by atoms with Gasteiger partial charge in [0.15, 0.2) is 0 Å². The molecule has 0 aliphatic carbocycles. The maximum absolute atomic E-state index is 9.44. The zero-order chi connectivity index (χ0) is 13.0. The van der Waals surface area contributed by atoms with E-state index >= 15 is 0 Å². The van der Waals surface area contributed by atoms with Gasteiger partial charge in [0.05, 0.1) is 12.0 Å². The van der Waals surface area contributed by atoms with Crippen LogP contribution in [0.3, 0.4) is 0 Å². The molecular weight excluding hydrogens is 220 g/mol. The fourth-order valence-electron chi connectivity index (χ4n) is 2.88. The van der Waals surface area contributed by atoms with Crippen molar-refractivity contribution in [3.05, 3.63) is 35.9 Å². The summed E-state index contributed by atoms with van der Waals surface area (Å²) < 4.78 is 0. The minimum atomic E-state index is 0.0699. The number of nitriles is 1. The maximum Gasteiger partial charge on any atom is 0.0741 e. The third-order valence-electron chi connectivity index (χ3n) is 4.07. The van der Waals surface area contributed by atoms with E-state index in [1.807, 2.05) is 18.2 Å². The average Bonchev–Trinajstić information content (AvgIpc) is 2.41. The summed E-state index contributed by atoms with van der Waals surface area (Å²) in [5.41, 5.74) is 1.18. The summed E-state index contributed by atoms with van der Waals surface area (Å²) in [4.78, 5) is 2.51. The molecule has 96 valence electrons. The molecule has 2 heteroatoms. The lowest BCUT2D eigenvalue weighted by Crippen LogP contribution is -2.39. The summed E-state index contributed by atoms with van der Waals surface area (Å²) >= 11 is 0. The molecule has 0 saturated carbocycles. The molecule has 1 atom stereocenters. The first-order valence-electron chi connectivity index (χ1n) is 6.91. The lowest BCUT2D eigenvalue weighted by Gasteiger charge is -2.36. The molecule has 1 saturated heterocycles. The van der Waals surface area contributed by atoms with Crippen molar-refractivity contribution in [1.82, 2.24) is 4.90 Å². The Hall–Kier alpha value is -1.33. The van der Waals surface area contributed by atoms with Gasteiger partial charge in [-0.25, -0.2) is 0 Å². The van der Waals surface area contributed by atoms with E-state index in [1.54, 1.807) is 0 Å². The minimum absolute atomic E-state index is 0.0699. The second-order valence-corrected chi connectivity index (χ2v) is 5.48. The van der Waals surface area contributed by atoms with Gasteiger partial charge in [0.2, 0.25) is 0 Å². The van der Waals surface area contributed by atoms with Crippen molar-refractivity contribution in [3.63, 3.8) is 0 Å². The fraction of sp³-hybridized carbons (Fsp3) is 0.562. The van der Waals surface area contributed by atoms with Gasteiger partial charge in [-0.3, -0.25) is 0 Å². The van der Waals surface area contributed by atoms with Crippen molar-refractivity contribution >= 4 is 0 Å². The van der Waals surface area contributed by atoms with Gasteiger partial charge in [-0.05, 0) is 51.3 Å². The Morgan fingerprint density at radius 2 is 1.78 bits per heavy atom. The largest absolute Gasteiger partial charge is 0.301 e. The maximum atomic E-state index is 9.44. The molecular formula is C16H22N2. The van der Waals surface area contributed by atoms with Gasteiger partial charge in [-0.1, -0.05) is 30.3 Å². The van der Waals surface area contributed by atoms with E-state index in [-0.39, 0.29) is 5.92 Å². The predicted molar refractivity (Wildman–Crippen MR) is 74.2 cm³/mol. The summed E-state index contributed by atoms with van der Waals surface area (Å²) in [7, 11) is 0. The van der Waals surface area contributed by atoms with Crippen LogP contribution >= 0.6 is 0 Å². The summed E-state index contributed by atoms with van der Waals surface area (Å²) in [5, 5.41) is 9.44.